The quantitative estimate of drug-likeness (QED) is 0.685. The van der Waals surface area contributed by atoms with Crippen LogP contribution in [0.2, 0.25) is 5.02 Å². The summed E-state index contributed by atoms with van der Waals surface area (Å²) in [6, 6.07) is 2.94. The second-order valence-electron chi connectivity index (χ2n) is 3.81. The number of halogens is 3. The van der Waals surface area contributed by atoms with Crippen molar-refractivity contribution < 1.29 is 8.78 Å². The highest BCUT2D eigenvalue weighted by Gasteiger charge is 2.28. The lowest BCUT2D eigenvalue weighted by Gasteiger charge is -2.09. The molecule has 3 heteroatoms. The number of aryl methyl sites for hydroxylation is 1. The SMILES string of the molecule is Cc1cc(C(F)F)cc(Cl)c1C1CC1. The van der Waals surface area contributed by atoms with Crippen molar-refractivity contribution in [3.05, 3.63) is 33.8 Å². The molecule has 1 aliphatic rings. The molecule has 2 rings (SSSR count). The van der Waals surface area contributed by atoms with E-state index in [1.165, 1.54) is 6.07 Å². The lowest BCUT2D eigenvalue weighted by molar-refractivity contribution is 0.151. The third-order valence-corrected chi connectivity index (χ3v) is 2.91. The smallest absolute Gasteiger partial charge is 0.205 e. The summed E-state index contributed by atoms with van der Waals surface area (Å²) in [5.41, 5.74) is 1.99. The summed E-state index contributed by atoms with van der Waals surface area (Å²) in [7, 11) is 0. The minimum atomic E-state index is -2.43. The van der Waals surface area contributed by atoms with Crippen molar-refractivity contribution in [2.24, 2.45) is 0 Å². The zero-order chi connectivity index (χ0) is 10.3. The minimum Gasteiger partial charge on any atom is -0.205 e. The predicted molar refractivity (Wildman–Crippen MR) is 53.1 cm³/mol. The molecule has 1 saturated carbocycles. The molecular weight excluding hydrogens is 206 g/mol. The second-order valence-corrected chi connectivity index (χ2v) is 4.22. The van der Waals surface area contributed by atoms with Gasteiger partial charge >= 0.3 is 0 Å². The Morgan fingerprint density at radius 1 is 1.36 bits per heavy atom. The molecule has 1 aliphatic carbocycles. The van der Waals surface area contributed by atoms with Crippen LogP contribution in [0.15, 0.2) is 12.1 Å². The molecule has 0 aromatic heterocycles. The van der Waals surface area contributed by atoms with E-state index in [4.69, 9.17) is 11.6 Å². The molecule has 1 aromatic rings. The van der Waals surface area contributed by atoms with Crippen LogP contribution in [-0.4, -0.2) is 0 Å². The molecular formula is C11H11ClF2. The summed E-state index contributed by atoms with van der Waals surface area (Å²) in [6.45, 7) is 1.85. The van der Waals surface area contributed by atoms with Crippen LogP contribution in [0.3, 0.4) is 0 Å². The highest BCUT2D eigenvalue weighted by Crippen LogP contribution is 2.45. The van der Waals surface area contributed by atoms with Gasteiger partial charge in [0.15, 0.2) is 0 Å². The fourth-order valence-corrected chi connectivity index (χ4v) is 2.23. The van der Waals surface area contributed by atoms with Gasteiger partial charge in [0.1, 0.15) is 0 Å². The number of benzene rings is 1. The van der Waals surface area contributed by atoms with E-state index in [0.717, 1.165) is 24.0 Å². The van der Waals surface area contributed by atoms with E-state index >= 15 is 0 Å². The van der Waals surface area contributed by atoms with Crippen molar-refractivity contribution in [3.63, 3.8) is 0 Å². The molecule has 0 heterocycles. The molecule has 0 saturated heterocycles. The number of hydrogen-bond donors (Lipinski definition) is 0. The number of hydrogen-bond acceptors (Lipinski definition) is 0. The summed E-state index contributed by atoms with van der Waals surface area (Å²) in [5.74, 6) is 0.509. The van der Waals surface area contributed by atoms with Crippen LogP contribution in [-0.2, 0) is 0 Å². The zero-order valence-electron chi connectivity index (χ0n) is 7.86. The van der Waals surface area contributed by atoms with Crippen LogP contribution in [0.25, 0.3) is 0 Å². The lowest BCUT2D eigenvalue weighted by Crippen LogP contribution is -1.92. The Labute approximate surface area is 86.9 Å². The fraction of sp³-hybridized carbons (Fsp3) is 0.455. The highest BCUT2D eigenvalue weighted by molar-refractivity contribution is 6.31. The van der Waals surface area contributed by atoms with E-state index in [1.807, 2.05) is 6.92 Å². The van der Waals surface area contributed by atoms with Crippen molar-refractivity contribution in [1.82, 2.24) is 0 Å². The Bertz CT molecular complexity index is 333. The fourth-order valence-electron chi connectivity index (χ4n) is 1.80. The topological polar surface area (TPSA) is 0 Å². The lowest BCUT2D eigenvalue weighted by atomic mass is 10.0. The van der Waals surface area contributed by atoms with Gasteiger partial charge in [-0.1, -0.05) is 17.7 Å². The van der Waals surface area contributed by atoms with Gasteiger partial charge in [-0.25, -0.2) is 8.78 Å². The van der Waals surface area contributed by atoms with Gasteiger partial charge in [0.05, 0.1) is 0 Å². The monoisotopic (exact) mass is 216 g/mol. The van der Waals surface area contributed by atoms with Gasteiger partial charge in [-0.2, -0.15) is 0 Å². The average Bonchev–Trinajstić information content (AvgIpc) is 2.86. The molecule has 0 spiro atoms. The van der Waals surface area contributed by atoms with Gasteiger partial charge in [0, 0.05) is 10.6 Å². The largest absolute Gasteiger partial charge is 0.263 e. The van der Waals surface area contributed by atoms with Crippen molar-refractivity contribution in [3.8, 4) is 0 Å². The Balaban J connectivity index is 2.44. The molecule has 1 aromatic carbocycles. The van der Waals surface area contributed by atoms with E-state index in [1.54, 1.807) is 6.07 Å². The van der Waals surface area contributed by atoms with Crippen molar-refractivity contribution in [1.29, 1.82) is 0 Å². The third kappa shape index (κ3) is 1.76. The highest BCUT2D eigenvalue weighted by atomic mass is 35.5. The average molecular weight is 217 g/mol. The molecule has 14 heavy (non-hydrogen) atoms. The maximum Gasteiger partial charge on any atom is 0.263 e. The predicted octanol–water partition coefficient (Wildman–Crippen LogP) is 4.46. The Morgan fingerprint density at radius 2 is 2.00 bits per heavy atom. The Kier molecular flexibility index (Phi) is 2.48. The summed E-state index contributed by atoms with van der Waals surface area (Å²) in [5, 5.41) is 0.503. The van der Waals surface area contributed by atoms with Crippen molar-refractivity contribution >= 4 is 11.6 Å². The molecule has 0 bridgehead atoms. The molecule has 0 atom stereocenters. The van der Waals surface area contributed by atoms with Crippen molar-refractivity contribution in [2.75, 3.05) is 0 Å². The van der Waals surface area contributed by atoms with Gasteiger partial charge in [-0.05, 0) is 42.9 Å². The van der Waals surface area contributed by atoms with Gasteiger partial charge in [-0.3, -0.25) is 0 Å². The van der Waals surface area contributed by atoms with E-state index in [0.29, 0.717) is 10.9 Å². The third-order valence-electron chi connectivity index (χ3n) is 2.60. The van der Waals surface area contributed by atoms with E-state index in [-0.39, 0.29) is 5.56 Å². The van der Waals surface area contributed by atoms with Crippen LogP contribution in [0.1, 0.15) is 41.9 Å². The van der Waals surface area contributed by atoms with Crippen LogP contribution < -0.4 is 0 Å². The molecule has 0 nitrogen and oxygen atoms in total. The van der Waals surface area contributed by atoms with Gasteiger partial charge in [0.25, 0.3) is 6.43 Å². The maximum absolute atomic E-state index is 12.4. The van der Waals surface area contributed by atoms with Gasteiger partial charge in [0.2, 0.25) is 0 Å². The Hall–Kier alpha value is -0.630. The first kappa shape index (κ1) is 9.91. The normalized spacial score (nSPS) is 16.4. The molecule has 0 unspecified atom stereocenters. The minimum absolute atomic E-state index is 0.0249. The van der Waals surface area contributed by atoms with Gasteiger partial charge < -0.3 is 0 Å². The summed E-state index contributed by atoms with van der Waals surface area (Å²) >= 11 is 5.98. The molecule has 0 amide bonds. The van der Waals surface area contributed by atoms with E-state index < -0.39 is 6.43 Å². The number of alkyl halides is 2. The summed E-state index contributed by atoms with van der Waals surface area (Å²) in [4.78, 5) is 0. The Morgan fingerprint density at radius 3 is 2.43 bits per heavy atom. The van der Waals surface area contributed by atoms with E-state index in [2.05, 4.69) is 0 Å². The molecule has 1 fully saturated rings. The van der Waals surface area contributed by atoms with Crippen LogP contribution in [0.4, 0.5) is 8.78 Å². The molecule has 0 aliphatic heterocycles. The van der Waals surface area contributed by atoms with E-state index in [9.17, 15) is 8.78 Å². The standard InChI is InChI=1S/C11H11ClF2/c1-6-4-8(11(13)14)5-9(12)10(6)7-2-3-7/h4-5,7,11H,2-3H2,1H3. The first-order chi connectivity index (χ1) is 6.59. The molecule has 0 N–H and O–H groups in total. The van der Waals surface area contributed by atoms with Crippen molar-refractivity contribution in [2.45, 2.75) is 32.1 Å². The van der Waals surface area contributed by atoms with Crippen LogP contribution >= 0.6 is 11.6 Å². The number of rotatable bonds is 2. The van der Waals surface area contributed by atoms with Gasteiger partial charge in [-0.15, -0.1) is 0 Å². The van der Waals surface area contributed by atoms with Crippen LogP contribution in [0.5, 0.6) is 0 Å². The summed E-state index contributed by atoms with van der Waals surface area (Å²) in [6.07, 6.45) is -0.164. The molecule has 76 valence electrons. The maximum atomic E-state index is 12.4. The molecule has 0 radical (unpaired) electrons. The van der Waals surface area contributed by atoms with Crippen LogP contribution in [0, 0.1) is 6.92 Å². The summed E-state index contributed by atoms with van der Waals surface area (Å²) < 4.78 is 24.8. The zero-order valence-corrected chi connectivity index (χ0v) is 8.61. The first-order valence-corrected chi connectivity index (χ1v) is 5.05. The second kappa shape index (κ2) is 3.50. The first-order valence-electron chi connectivity index (χ1n) is 4.67.